The molecule has 88 valence electrons. The largest absolute Gasteiger partial charge is 0.103 e. The first-order valence-corrected chi connectivity index (χ1v) is 6.36. The highest BCUT2D eigenvalue weighted by Gasteiger charge is 2.13. The third kappa shape index (κ3) is 1.91. The van der Waals surface area contributed by atoms with Crippen molar-refractivity contribution in [1.29, 1.82) is 0 Å². The molecule has 0 heteroatoms. The van der Waals surface area contributed by atoms with E-state index in [-0.39, 0.29) is 0 Å². The molecule has 2 aromatic rings. The van der Waals surface area contributed by atoms with Crippen LogP contribution >= 0.6 is 0 Å². The summed E-state index contributed by atoms with van der Waals surface area (Å²) in [6.07, 6.45) is 6.23. The monoisotopic (exact) mass is 232 g/mol. The molecule has 0 spiro atoms. The predicted molar refractivity (Wildman–Crippen MR) is 78.4 cm³/mol. The number of fused-ring (bicyclic) bond motifs is 2. The van der Waals surface area contributed by atoms with Crippen LogP contribution in [0.5, 0.6) is 0 Å². The summed E-state index contributed by atoms with van der Waals surface area (Å²) in [5, 5.41) is 0. The van der Waals surface area contributed by atoms with Gasteiger partial charge in [0.2, 0.25) is 0 Å². The molecule has 0 aromatic heterocycles. The summed E-state index contributed by atoms with van der Waals surface area (Å²) < 4.78 is 0. The van der Waals surface area contributed by atoms with E-state index in [2.05, 4.69) is 61.2 Å². The zero-order chi connectivity index (χ0) is 12.4. The fourth-order valence-electron chi connectivity index (χ4n) is 2.62. The Morgan fingerprint density at radius 2 is 1.67 bits per heavy atom. The minimum absolute atomic E-state index is 0.922. The second-order valence-electron chi connectivity index (χ2n) is 4.70. The zero-order valence-corrected chi connectivity index (χ0v) is 10.4. The summed E-state index contributed by atoms with van der Waals surface area (Å²) in [5.41, 5.74) is 6.89. The molecular weight excluding hydrogens is 216 g/mol. The molecular formula is C18H16. The normalized spacial score (nSPS) is 13.0. The van der Waals surface area contributed by atoms with Crippen LogP contribution in [0, 0.1) is 0 Å². The number of hydrogen-bond donors (Lipinski definition) is 0. The average molecular weight is 232 g/mol. The maximum absolute atomic E-state index is 3.87. The van der Waals surface area contributed by atoms with Gasteiger partial charge >= 0.3 is 0 Å². The van der Waals surface area contributed by atoms with E-state index in [0.717, 1.165) is 12.8 Å². The fourth-order valence-corrected chi connectivity index (χ4v) is 2.62. The minimum Gasteiger partial charge on any atom is -0.103 e. The molecule has 0 atom stereocenters. The molecule has 18 heavy (non-hydrogen) atoms. The van der Waals surface area contributed by atoms with Gasteiger partial charge in [0.25, 0.3) is 0 Å². The van der Waals surface area contributed by atoms with E-state index < -0.39 is 0 Å². The average Bonchev–Trinajstić information content (AvgIpc) is 2.56. The van der Waals surface area contributed by atoms with Crippen LogP contribution in [0.4, 0.5) is 0 Å². The van der Waals surface area contributed by atoms with Crippen molar-refractivity contribution in [2.75, 3.05) is 0 Å². The Hall–Kier alpha value is -2.08. The first kappa shape index (κ1) is 11.0. The third-order valence-electron chi connectivity index (χ3n) is 3.49. The first-order valence-electron chi connectivity index (χ1n) is 6.36. The molecule has 0 aliphatic heterocycles. The molecule has 0 heterocycles. The maximum Gasteiger partial charge on any atom is -0.00138 e. The molecule has 0 amide bonds. The SMILES string of the molecule is C=CCC1=Cc2ccccc2Cc2ccccc21. The van der Waals surface area contributed by atoms with Gasteiger partial charge in [0.15, 0.2) is 0 Å². The molecule has 0 saturated heterocycles. The van der Waals surface area contributed by atoms with Crippen molar-refractivity contribution < 1.29 is 0 Å². The van der Waals surface area contributed by atoms with E-state index in [4.69, 9.17) is 0 Å². The molecule has 0 nitrogen and oxygen atoms in total. The van der Waals surface area contributed by atoms with Gasteiger partial charge in [-0.15, -0.1) is 6.58 Å². The van der Waals surface area contributed by atoms with Crippen LogP contribution in [0.2, 0.25) is 0 Å². The Kier molecular flexibility index (Phi) is 2.85. The van der Waals surface area contributed by atoms with Gasteiger partial charge in [0, 0.05) is 0 Å². The van der Waals surface area contributed by atoms with Crippen LogP contribution in [-0.4, -0.2) is 0 Å². The number of allylic oxidation sites excluding steroid dienone is 2. The number of hydrogen-bond acceptors (Lipinski definition) is 0. The molecule has 3 rings (SSSR count). The summed E-state index contributed by atoms with van der Waals surface area (Å²) in [5.74, 6) is 0. The lowest BCUT2D eigenvalue weighted by Crippen LogP contribution is -1.92. The summed E-state index contributed by atoms with van der Waals surface area (Å²) in [7, 11) is 0. The van der Waals surface area contributed by atoms with Crippen molar-refractivity contribution in [3.8, 4) is 0 Å². The molecule has 0 saturated carbocycles. The van der Waals surface area contributed by atoms with Crippen molar-refractivity contribution in [1.82, 2.24) is 0 Å². The molecule has 0 radical (unpaired) electrons. The second-order valence-corrected chi connectivity index (χ2v) is 4.70. The third-order valence-corrected chi connectivity index (χ3v) is 3.49. The Balaban J connectivity index is 2.22. The quantitative estimate of drug-likeness (QED) is 0.658. The van der Waals surface area contributed by atoms with Crippen LogP contribution in [0.1, 0.15) is 28.7 Å². The van der Waals surface area contributed by atoms with E-state index in [1.165, 1.54) is 27.8 Å². The topological polar surface area (TPSA) is 0 Å². The molecule has 1 aliphatic carbocycles. The summed E-state index contributed by atoms with van der Waals surface area (Å²) in [6, 6.07) is 17.3. The van der Waals surface area contributed by atoms with Crippen LogP contribution in [-0.2, 0) is 6.42 Å². The highest BCUT2D eigenvalue weighted by Crippen LogP contribution is 2.31. The highest BCUT2D eigenvalue weighted by molar-refractivity contribution is 5.86. The van der Waals surface area contributed by atoms with Gasteiger partial charge in [-0.05, 0) is 40.7 Å². The van der Waals surface area contributed by atoms with E-state index in [9.17, 15) is 0 Å². The summed E-state index contributed by atoms with van der Waals surface area (Å²) in [4.78, 5) is 0. The molecule has 1 aliphatic rings. The van der Waals surface area contributed by atoms with Crippen LogP contribution < -0.4 is 0 Å². The number of rotatable bonds is 2. The molecule has 0 N–H and O–H groups in total. The van der Waals surface area contributed by atoms with Gasteiger partial charge < -0.3 is 0 Å². The van der Waals surface area contributed by atoms with E-state index >= 15 is 0 Å². The van der Waals surface area contributed by atoms with Crippen molar-refractivity contribution in [2.24, 2.45) is 0 Å². The molecule has 0 bridgehead atoms. The predicted octanol–water partition coefficient (Wildman–Crippen LogP) is 4.71. The van der Waals surface area contributed by atoms with Gasteiger partial charge in [0.05, 0.1) is 0 Å². The zero-order valence-electron chi connectivity index (χ0n) is 10.4. The lowest BCUT2D eigenvalue weighted by molar-refractivity contribution is 1.18. The van der Waals surface area contributed by atoms with Crippen LogP contribution in [0.3, 0.4) is 0 Å². The van der Waals surface area contributed by atoms with Crippen molar-refractivity contribution in [3.63, 3.8) is 0 Å². The highest BCUT2D eigenvalue weighted by atomic mass is 14.2. The Labute approximate surface area is 108 Å². The minimum atomic E-state index is 0.922. The summed E-state index contributed by atoms with van der Waals surface area (Å²) >= 11 is 0. The lowest BCUT2D eigenvalue weighted by atomic mass is 9.96. The van der Waals surface area contributed by atoms with E-state index in [0.29, 0.717) is 0 Å². The number of benzene rings is 2. The Morgan fingerprint density at radius 3 is 2.50 bits per heavy atom. The van der Waals surface area contributed by atoms with Crippen molar-refractivity contribution in [3.05, 3.63) is 83.4 Å². The Bertz CT molecular complexity index is 617. The van der Waals surface area contributed by atoms with Crippen molar-refractivity contribution >= 4 is 11.6 Å². The molecule has 0 unspecified atom stereocenters. The smallest absolute Gasteiger partial charge is 0.00138 e. The maximum atomic E-state index is 3.87. The summed E-state index contributed by atoms with van der Waals surface area (Å²) in [6.45, 7) is 3.87. The second kappa shape index (κ2) is 4.66. The fraction of sp³-hybridized carbons (Fsp3) is 0.111. The Morgan fingerprint density at radius 1 is 0.944 bits per heavy atom. The van der Waals surface area contributed by atoms with E-state index in [1.54, 1.807) is 0 Å². The van der Waals surface area contributed by atoms with Crippen LogP contribution in [0.15, 0.2) is 61.2 Å². The van der Waals surface area contributed by atoms with Gasteiger partial charge in [-0.25, -0.2) is 0 Å². The van der Waals surface area contributed by atoms with E-state index in [1.807, 2.05) is 6.08 Å². The lowest BCUT2D eigenvalue weighted by Gasteiger charge is -2.08. The van der Waals surface area contributed by atoms with Gasteiger partial charge in [-0.2, -0.15) is 0 Å². The standard InChI is InChI=1S/C18H16/c1-2-7-16-12-14-8-3-4-9-15(14)13-17-10-5-6-11-18(16)17/h2-6,8-12H,1,7,13H2. The van der Waals surface area contributed by atoms with Gasteiger partial charge in [0.1, 0.15) is 0 Å². The van der Waals surface area contributed by atoms with Crippen LogP contribution in [0.25, 0.3) is 11.6 Å². The van der Waals surface area contributed by atoms with Crippen molar-refractivity contribution in [2.45, 2.75) is 12.8 Å². The van der Waals surface area contributed by atoms with Gasteiger partial charge in [-0.3, -0.25) is 0 Å². The molecule has 0 fully saturated rings. The van der Waals surface area contributed by atoms with Gasteiger partial charge in [-0.1, -0.05) is 60.7 Å². The first-order chi connectivity index (χ1) is 8.88. The molecule has 2 aromatic carbocycles.